The second kappa shape index (κ2) is 4.91. The third kappa shape index (κ3) is 2.24. The van der Waals surface area contributed by atoms with Crippen LogP contribution >= 0.6 is 0 Å². The zero-order valence-electron chi connectivity index (χ0n) is 10.2. The van der Waals surface area contributed by atoms with E-state index in [2.05, 4.69) is 23.2 Å². The van der Waals surface area contributed by atoms with Crippen molar-refractivity contribution in [3.05, 3.63) is 23.0 Å². The minimum Gasteiger partial charge on any atom is -0.324 e. The zero-order chi connectivity index (χ0) is 11.5. The molecular weight excluding hydrogens is 198 g/mol. The Morgan fingerprint density at radius 2 is 2.06 bits per heavy atom. The topological polar surface area (TPSA) is 51.8 Å². The summed E-state index contributed by atoms with van der Waals surface area (Å²) in [5, 5.41) is 8.37. The predicted octanol–water partition coefficient (Wildman–Crippen LogP) is 2.54. The molecule has 1 heterocycles. The normalized spacial score (nSPS) is 18.9. The summed E-state index contributed by atoms with van der Waals surface area (Å²) >= 11 is 0. The van der Waals surface area contributed by atoms with Crippen molar-refractivity contribution in [2.45, 2.75) is 52.0 Å². The maximum atomic E-state index is 6.38. The predicted molar refractivity (Wildman–Crippen MR) is 65.0 cm³/mol. The van der Waals surface area contributed by atoms with Gasteiger partial charge >= 0.3 is 0 Å². The van der Waals surface area contributed by atoms with E-state index in [0.29, 0.717) is 5.92 Å². The van der Waals surface area contributed by atoms with Gasteiger partial charge in [-0.1, -0.05) is 19.8 Å². The summed E-state index contributed by atoms with van der Waals surface area (Å²) in [6, 6.07) is 2.28. The van der Waals surface area contributed by atoms with Gasteiger partial charge in [0.15, 0.2) is 0 Å². The summed E-state index contributed by atoms with van der Waals surface area (Å²) < 4.78 is 0. The van der Waals surface area contributed by atoms with Crippen molar-refractivity contribution in [1.29, 1.82) is 0 Å². The molecule has 1 saturated carbocycles. The Kier molecular flexibility index (Phi) is 3.54. The standard InChI is InChI=1S/C13H21N3/c1-3-12-11(8-9(2)15-16-12)13(14)10-6-4-5-7-10/h8,10,13H,3-7,14H2,1-2H3. The molecule has 0 amide bonds. The Bertz CT molecular complexity index is 356. The van der Waals surface area contributed by atoms with Gasteiger partial charge in [0.25, 0.3) is 0 Å². The first-order valence-corrected chi connectivity index (χ1v) is 6.31. The Morgan fingerprint density at radius 3 is 2.69 bits per heavy atom. The molecule has 16 heavy (non-hydrogen) atoms. The van der Waals surface area contributed by atoms with Crippen molar-refractivity contribution >= 4 is 0 Å². The number of hydrogen-bond acceptors (Lipinski definition) is 3. The van der Waals surface area contributed by atoms with E-state index in [9.17, 15) is 0 Å². The van der Waals surface area contributed by atoms with Crippen LogP contribution in [0.5, 0.6) is 0 Å². The van der Waals surface area contributed by atoms with E-state index < -0.39 is 0 Å². The summed E-state index contributed by atoms with van der Waals surface area (Å²) in [5.41, 5.74) is 9.65. The Labute approximate surface area is 97.5 Å². The summed E-state index contributed by atoms with van der Waals surface area (Å²) in [7, 11) is 0. The number of aromatic nitrogens is 2. The van der Waals surface area contributed by atoms with E-state index in [0.717, 1.165) is 17.8 Å². The molecule has 0 radical (unpaired) electrons. The molecule has 1 fully saturated rings. The van der Waals surface area contributed by atoms with Crippen molar-refractivity contribution in [3.63, 3.8) is 0 Å². The molecule has 1 aliphatic carbocycles. The molecule has 2 rings (SSSR count). The third-order valence-corrected chi connectivity index (χ3v) is 3.63. The number of nitrogens with zero attached hydrogens (tertiary/aromatic N) is 2. The minimum atomic E-state index is 0.159. The van der Waals surface area contributed by atoms with Crippen LogP contribution in [0.3, 0.4) is 0 Å². The molecule has 0 saturated heterocycles. The first-order chi connectivity index (χ1) is 7.72. The summed E-state index contributed by atoms with van der Waals surface area (Å²) in [6.45, 7) is 4.10. The second-order valence-electron chi connectivity index (χ2n) is 4.81. The molecule has 1 aromatic heterocycles. The van der Waals surface area contributed by atoms with Crippen molar-refractivity contribution in [3.8, 4) is 0 Å². The van der Waals surface area contributed by atoms with Crippen molar-refractivity contribution < 1.29 is 0 Å². The van der Waals surface area contributed by atoms with Gasteiger partial charge in [-0.25, -0.2) is 0 Å². The van der Waals surface area contributed by atoms with E-state index in [-0.39, 0.29) is 6.04 Å². The highest BCUT2D eigenvalue weighted by Gasteiger charge is 2.25. The lowest BCUT2D eigenvalue weighted by atomic mass is 9.91. The Hall–Kier alpha value is -0.960. The van der Waals surface area contributed by atoms with Gasteiger partial charge in [-0.05, 0) is 43.7 Å². The van der Waals surface area contributed by atoms with E-state index >= 15 is 0 Å². The quantitative estimate of drug-likeness (QED) is 0.850. The first kappa shape index (κ1) is 11.5. The lowest BCUT2D eigenvalue weighted by Crippen LogP contribution is -2.21. The van der Waals surface area contributed by atoms with Crippen LogP contribution in [0.15, 0.2) is 6.07 Å². The summed E-state index contributed by atoms with van der Waals surface area (Å²) in [4.78, 5) is 0. The summed E-state index contributed by atoms with van der Waals surface area (Å²) in [5.74, 6) is 0.647. The van der Waals surface area contributed by atoms with E-state index in [1.165, 1.54) is 31.2 Å². The fraction of sp³-hybridized carbons (Fsp3) is 0.692. The van der Waals surface area contributed by atoms with Gasteiger partial charge < -0.3 is 5.73 Å². The van der Waals surface area contributed by atoms with Gasteiger partial charge in [0.2, 0.25) is 0 Å². The maximum absolute atomic E-state index is 6.38. The van der Waals surface area contributed by atoms with Gasteiger partial charge in [-0.2, -0.15) is 10.2 Å². The minimum absolute atomic E-state index is 0.159. The van der Waals surface area contributed by atoms with E-state index in [1.54, 1.807) is 0 Å². The zero-order valence-corrected chi connectivity index (χ0v) is 10.2. The molecule has 88 valence electrons. The van der Waals surface area contributed by atoms with Crippen LogP contribution in [-0.2, 0) is 6.42 Å². The molecule has 1 atom stereocenters. The molecule has 2 N–H and O–H groups in total. The first-order valence-electron chi connectivity index (χ1n) is 6.31. The second-order valence-corrected chi connectivity index (χ2v) is 4.81. The van der Waals surface area contributed by atoms with Crippen LogP contribution < -0.4 is 5.73 Å². The van der Waals surface area contributed by atoms with Crippen LogP contribution in [0.25, 0.3) is 0 Å². The average molecular weight is 219 g/mol. The van der Waals surface area contributed by atoms with Gasteiger partial charge in [-0.15, -0.1) is 0 Å². The highest BCUT2D eigenvalue weighted by molar-refractivity contribution is 5.25. The van der Waals surface area contributed by atoms with Crippen molar-refractivity contribution in [2.24, 2.45) is 11.7 Å². The SMILES string of the molecule is CCc1nnc(C)cc1C(N)C1CCCC1. The molecule has 1 aliphatic rings. The molecule has 1 unspecified atom stereocenters. The number of hydrogen-bond donors (Lipinski definition) is 1. The van der Waals surface area contributed by atoms with Crippen LogP contribution in [0.1, 0.15) is 55.6 Å². The number of nitrogens with two attached hydrogens (primary N) is 1. The lowest BCUT2D eigenvalue weighted by Gasteiger charge is -2.21. The van der Waals surface area contributed by atoms with Crippen LogP contribution in [0.2, 0.25) is 0 Å². The molecule has 0 aliphatic heterocycles. The molecule has 3 heteroatoms. The van der Waals surface area contributed by atoms with E-state index in [4.69, 9.17) is 5.73 Å². The molecule has 1 aromatic rings. The smallest absolute Gasteiger partial charge is 0.0676 e. The lowest BCUT2D eigenvalue weighted by molar-refractivity contribution is 0.440. The Morgan fingerprint density at radius 1 is 1.38 bits per heavy atom. The maximum Gasteiger partial charge on any atom is 0.0676 e. The molecule has 0 spiro atoms. The average Bonchev–Trinajstić information content (AvgIpc) is 2.81. The monoisotopic (exact) mass is 219 g/mol. The van der Waals surface area contributed by atoms with Crippen molar-refractivity contribution in [2.75, 3.05) is 0 Å². The molecule has 0 aromatic carbocycles. The largest absolute Gasteiger partial charge is 0.324 e. The molecular formula is C13H21N3. The number of aryl methyl sites for hydroxylation is 2. The van der Waals surface area contributed by atoms with Gasteiger partial charge in [0.05, 0.1) is 11.4 Å². The number of rotatable bonds is 3. The molecule has 0 bridgehead atoms. The fourth-order valence-corrected chi connectivity index (χ4v) is 2.67. The van der Waals surface area contributed by atoms with Crippen molar-refractivity contribution in [1.82, 2.24) is 10.2 Å². The van der Waals surface area contributed by atoms with Gasteiger partial charge in [-0.3, -0.25) is 0 Å². The molecule has 3 nitrogen and oxygen atoms in total. The van der Waals surface area contributed by atoms with Gasteiger partial charge in [0, 0.05) is 6.04 Å². The Balaban J connectivity index is 2.26. The highest BCUT2D eigenvalue weighted by Crippen LogP contribution is 2.35. The fourth-order valence-electron chi connectivity index (χ4n) is 2.67. The van der Waals surface area contributed by atoms with Crippen LogP contribution in [-0.4, -0.2) is 10.2 Å². The van der Waals surface area contributed by atoms with Crippen LogP contribution in [0, 0.1) is 12.8 Å². The highest BCUT2D eigenvalue weighted by atomic mass is 15.1. The summed E-state index contributed by atoms with van der Waals surface area (Å²) in [6.07, 6.45) is 6.12. The van der Waals surface area contributed by atoms with Gasteiger partial charge in [0.1, 0.15) is 0 Å². The van der Waals surface area contributed by atoms with E-state index in [1.807, 2.05) is 6.92 Å². The van der Waals surface area contributed by atoms with Crippen LogP contribution in [0.4, 0.5) is 0 Å². The third-order valence-electron chi connectivity index (χ3n) is 3.63.